The molecular formula is C11H15N3O. The van der Waals surface area contributed by atoms with Crippen LogP contribution in [0.15, 0.2) is 24.3 Å². The van der Waals surface area contributed by atoms with Gasteiger partial charge in [0.15, 0.2) is 6.23 Å². The Balaban J connectivity index is 2.51. The van der Waals surface area contributed by atoms with E-state index in [1.54, 1.807) is 7.11 Å². The number of methoxy groups -OCH3 is 1. The molecule has 0 saturated heterocycles. The summed E-state index contributed by atoms with van der Waals surface area (Å²) in [4.78, 5) is 0. The van der Waals surface area contributed by atoms with Crippen molar-refractivity contribution in [3.05, 3.63) is 24.3 Å². The smallest absolute Gasteiger partial charge is 0.154 e. The van der Waals surface area contributed by atoms with Gasteiger partial charge in [-0.25, -0.2) is 4.68 Å². The first-order chi connectivity index (χ1) is 7.24. The Morgan fingerprint density at radius 2 is 2.00 bits per heavy atom. The van der Waals surface area contributed by atoms with Gasteiger partial charge < -0.3 is 4.74 Å². The van der Waals surface area contributed by atoms with Crippen LogP contribution >= 0.6 is 0 Å². The second kappa shape index (κ2) is 3.98. The molecule has 0 N–H and O–H groups in total. The molecule has 0 fully saturated rings. The summed E-state index contributed by atoms with van der Waals surface area (Å²) in [5.74, 6) is 0.361. The van der Waals surface area contributed by atoms with Crippen molar-refractivity contribution in [1.82, 2.24) is 15.0 Å². The lowest BCUT2D eigenvalue weighted by Crippen LogP contribution is -2.18. The fourth-order valence-corrected chi connectivity index (χ4v) is 1.73. The van der Waals surface area contributed by atoms with E-state index in [0.29, 0.717) is 5.92 Å². The molecule has 0 radical (unpaired) electrons. The van der Waals surface area contributed by atoms with E-state index in [2.05, 4.69) is 24.2 Å². The van der Waals surface area contributed by atoms with Gasteiger partial charge in [-0.15, -0.1) is 5.10 Å². The lowest BCUT2D eigenvalue weighted by atomic mass is 10.2. The minimum atomic E-state index is -0.0580. The molecule has 0 aliphatic carbocycles. The van der Waals surface area contributed by atoms with Crippen LogP contribution in [0, 0.1) is 5.92 Å². The van der Waals surface area contributed by atoms with Gasteiger partial charge in [-0.1, -0.05) is 31.2 Å². The zero-order valence-corrected chi connectivity index (χ0v) is 9.21. The van der Waals surface area contributed by atoms with E-state index in [9.17, 15) is 0 Å². The number of fused-ring (bicyclic) bond motifs is 1. The van der Waals surface area contributed by atoms with Crippen LogP contribution in [0.1, 0.15) is 20.1 Å². The molecule has 4 nitrogen and oxygen atoms in total. The molecule has 80 valence electrons. The third-order valence-electron chi connectivity index (χ3n) is 2.43. The first-order valence-corrected chi connectivity index (χ1v) is 5.06. The fraction of sp³-hybridized carbons (Fsp3) is 0.455. The van der Waals surface area contributed by atoms with Gasteiger partial charge in [0.1, 0.15) is 5.52 Å². The normalized spacial score (nSPS) is 13.6. The largest absolute Gasteiger partial charge is 0.359 e. The van der Waals surface area contributed by atoms with Crippen molar-refractivity contribution in [2.24, 2.45) is 5.92 Å². The lowest BCUT2D eigenvalue weighted by Gasteiger charge is -2.19. The molecule has 1 unspecified atom stereocenters. The topological polar surface area (TPSA) is 39.9 Å². The van der Waals surface area contributed by atoms with Crippen LogP contribution in [-0.2, 0) is 4.74 Å². The van der Waals surface area contributed by atoms with E-state index in [-0.39, 0.29) is 6.23 Å². The van der Waals surface area contributed by atoms with Gasteiger partial charge in [0.2, 0.25) is 0 Å². The highest BCUT2D eigenvalue weighted by atomic mass is 16.5. The van der Waals surface area contributed by atoms with Crippen molar-refractivity contribution >= 4 is 11.0 Å². The van der Waals surface area contributed by atoms with Crippen LogP contribution in [0.4, 0.5) is 0 Å². The number of hydrogen-bond donors (Lipinski definition) is 0. The van der Waals surface area contributed by atoms with Gasteiger partial charge in [-0.2, -0.15) is 0 Å². The van der Waals surface area contributed by atoms with Crippen molar-refractivity contribution < 1.29 is 4.74 Å². The van der Waals surface area contributed by atoms with Crippen LogP contribution < -0.4 is 0 Å². The molecular weight excluding hydrogens is 190 g/mol. The molecule has 0 amide bonds. The van der Waals surface area contributed by atoms with E-state index in [1.807, 2.05) is 28.9 Å². The van der Waals surface area contributed by atoms with Gasteiger partial charge in [0.25, 0.3) is 0 Å². The summed E-state index contributed by atoms with van der Waals surface area (Å²) in [6, 6.07) is 7.89. The van der Waals surface area contributed by atoms with Gasteiger partial charge in [0, 0.05) is 13.0 Å². The number of para-hydroxylation sites is 1. The van der Waals surface area contributed by atoms with Crippen molar-refractivity contribution in [3.63, 3.8) is 0 Å². The number of rotatable bonds is 3. The maximum Gasteiger partial charge on any atom is 0.154 e. The molecule has 0 spiro atoms. The zero-order chi connectivity index (χ0) is 10.8. The van der Waals surface area contributed by atoms with Gasteiger partial charge in [-0.05, 0) is 12.1 Å². The van der Waals surface area contributed by atoms with E-state index in [1.165, 1.54) is 0 Å². The quantitative estimate of drug-likeness (QED) is 0.771. The van der Waals surface area contributed by atoms with Crippen molar-refractivity contribution in [1.29, 1.82) is 0 Å². The average molecular weight is 205 g/mol. The third kappa shape index (κ3) is 1.72. The molecule has 1 atom stereocenters. The Hall–Kier alpha value is -1.42. The summed E-state index contributed by atoms with van der Waals surface area (Å²) < 4.78 is 7.26. The van der Waals surface area contributed by atoms with Gasteiger partial charge in [0.05, 0.1) is 5.52 Å². The highest BCUT2D eigenvalue weighted by Gasteiger charge is 2.17. The third-order valence-corrected chi connectivity index (χ3v) is 2.43. The summed E-state index contributed by atoms with van der Waals surface area (Å²) >= 11 is 0. The summed E-state index contributed by atoms with van der Waals surface area (Å²) in [6.45, 7) is 4.20. The first kappa shape index (κ1) is 10.1. The number of ether oxygens (including phenoxy) is 1. The maximum atomic E-state index is 5.42. The van der Waals surface area contributed by atoms with Gasteiger partial charge >= 0.3 is 0 Å². The minimum absolute atomic E-state index is 0.0580. The molecule has 0 aliphatic heterocycles. The molecule has 2 aromatic rings. The summed E-state index contributed by atoms with van der Waals surface area (Å²) in [7, 11) is 1.70. The average Bonchev–Trinajstić information content (AvgIpc) is 2.63. The Kier molecular flexibility index (Phi) is 2.68. The highest BCUT2D eigenvalue weighted by Crippen LogP contribution is 2.21. The molecule has 1 heterocycles. The second-order valence-corrected chi connectivity index (χ2v) is 3.89. The van der Waals surface area contributed by atoms with Crippen LogP contribution in [0.3, 0.4) is 0 Å². The standard InChI is InChI=1S/C11H15N3O/c1-8(2)11(15-3)14-10-7-5-4-6-9(10)12-13-14/h4-8,11H,1-3H3. The van der Waals surface area contributed by atoms with Crippen LogP contribution in [-0.4, -0.2) is 22.1 Å². The first-order valence-electron chi connectivity index (χ1n) is 5.06. The summed E-state index contributed by atoms with van der Waals surface area (Å²) in [5, 5.41) is 8.23. The Labute approximate surface area is 88.8 Å². The van der Waals surface area contributed by atoms with Crippen LogP contribution in [0.5, 0.6) is 0 Å². The second-order valence-electron chi connectivity index (χ2n) is 3.89. The Bertz CT molecular complexity index is 450. The molecule has 1 aromatic carbocycles. The van der Waals surface area contributed by atoms with Gasteiger partial charge in [-0.3, -0.25) is 0 Å². The van der Waals surface area contributed by atoms with E-state index in [4.69, 9.17) is 4.74 Å². The molecule has 0 saturated carbocycles. The predicted molar refractivity (Wildman–Crippen MR) is 58.4 cm³/mol. The van der Waals surface area contributed by atoms with Crippen molar-refractivity contribution in [2.75, 3.05) is 7.11 Å². The van der Waals surface area contributed by atoms with E-state index < -0.39 is 0 Å². The van der Waals surface area contributed by atoms with E-state index in [0.717, 1.165) is 11.0 Å². The van der Waals surface area contributed by atoms with E-state index >= 15 is 0 Å². The molecule has 0 bridgehead atoms. The Morgan fingerprint density at radius 3 is 2.67 bits per heavy atom. The Morgan fingerprint density at radius 1 is 1.27 bits per heavy atom. The minimum Gasteiger partial charge on any atom is -0.359 e. The number of benzene rings is 1. The maximum absolute atomic E-state index is 5.42. The van der Waals surface area contributed by atoms with Crippen molar-refractivity contribution in [2.45, 2.75) is 20.1 Å². The zero-order valence-electron chi connectivity index (χ0n) is 9.21. The monoisotopic (exact) mass is 205 g/mol. The molecule has 4 heteroatoms. The fourth-order valence-electron chi connectivity index (χ4n) is 1.73. The molecule has 0 aliphatic rings. The lowest BCUT2D eigenvalue weighted by molar-refractivity contribution is -0.000916. The van der Waals surface area contributed by atoms with Crippen LogP contribution in [0.2, 0.25) is 0 Å². The number of hydrogen-bond acceptors (Lipinski definition) is 3. The number of aromatic nitrogens is 3. The molecule has 2 rings (SSSR count). The number of nitrogens with zero attached hydrogens (tertiary/aromatic N) is 3. The van der Waals surface area contributed by atoms with Crippen molar-refractivity contribution in [3.8, 4) is 0 Å². The molecule has 15 heavy (non-hydrogen) atoms. The SMILES string of the molecule is COC(C(C)C)n1nnc2ccccc21. The predicted octanol–water partition coefficient (Wildman–Crippen LogP) is 2.23. The highest BCUT2D eigenvalue weighted by molar-refractivity contribution is 5.73. The van der Waals surface area contributed by atoms with Crippen LogP contribution in [0.25, 0.3) is 11.0 Å². The molecule has 1 aromatic heterocycles. The summed E-state index contributed by atoms with van der Waals surface area (Å²) in [6.07, 6.45) is -0.0580. The summed E-state index contributed by atoms with van der Waals surface area (Å²) in [5.41, 5.74) is 1.92.